The van der Waals surface area contributed by atoms with Gasteiger partial charge in [-0.2, -0.15) is 0 Å². The number of imidazole rings is 1. The third-order valence-electron chi connectivity index (χ3n) is 3.49. The monoisotopic (exact) mass is 282 g/mol. The number of fused-ring (bicyclic) bond motifs is 1. The van der Waals surface area contributed by atoms with Gasteiger partial charge in [0.05, 0.1) is 18.5 Å². The summed E-state index contributed by atoms with van der Waals surface area (Å²) in [6.07, 6.45) is 5.75. The van der Waals surface area contributed by atoms with Gasteiger partial charge in [0.25, 0.3) is 0 Å². The minimum Gasteiger partial charge on any atom is -0.396 e. The van der Waals surface area contributed by atoms with E-state index >= 15 is 0 Å². The molecule has 102 valence electrons. The van der Waals surface area contributed by atoms with E-state index in [1.54, 1.807) is 6.33 Å². The summed E-state index contributed by atoms with van der Waals surface area (Å²) in [6, 6.07) is 0.136. The number of rotatable bonds is 3. The van der Waals surface area contributed by atoms with Gasteiger partial charge in [0.2, 0.25) is 0 Å². The van der Waals surface area contributed by atoms with Gasteiger partial charge in [0.1, 0.15) is 11.8 Å². The summed E-state index contributed by atoms with van der Waals surface area (Å²) in [5.74, 6) is 0. The van der Waals surface area contributed by atoms with Crippen molar-refractivity contribution in [3.8, 4) is 0 Å². The molecule has 1 N–H and O–H groups in total. The summed E-state index contributed by atoms with van der Waals surface area (Å²) in [5, 5.41) is 9.50. The first kappa shape index (κ1) is 12.8. The highest BCUT2D eigenvalue weighted by Gasteiger charge is 2.28. The lowest BCUT2D eigenvalue weighted by atomic mass is 10.00. The first-order valence-corrected chi connectivity index (χ1v) is 6.74. The standard InChI is InChI=1S/C12H15ClN4O2/c13-11-10-12(15-6-14-11)17(7-16-10)8-2-1-5-19-9(8)3-4-18/h6-9,18H,1-5H2/t8-,9-/m0/s1. The van der Waals surface area contributed by atoms with Crippen LogP contribution in [0.1, 0.15) is 25.3 Å². The number of halogens is 1. The van der Waals surface area contributed by atoms with Gasteiger partial charge in [-0.05, 0) is 19.3 Å². The highest BCUT2D eigenvalue weighted by Crippen LogP contribution is 2.30. The van der Waals surface area contributed by atoms with E-state index in [2.05, 4.69) is 15.0 Å². The number of aliphatic hydroxyl groups excluding tert-OH is 1. The van der Waals surface area contributed by atoms with E-state index in [1.165, 1.54) is 6.33 Å². The van der Waals surface area contributed by atoms with Crippen LogP contribution < -0.4 is 0 Å². The van der Waals surface area contributed by atoms with Crippen LogP contribution in [-0.2, 0) is 4.74 Å². The Balaban J connectivity index is 2.00. The number of hydrogen-bond acceptors (Lipinski definition) is 5. The van der Waals surface area contributed by atoms with Crippen LogP contribution in [0.2, 0.25) is 5.15 Å². The van der Waals surface area contributed by atoms with E-state index in [9.17, 15) is 0 Å². The van der Waals surface area contributed by atoms with Crippen molar-refractivity contribution in [1.29, 1.82) is 0 Å². The molecule has 0 aliphatic carbocycles. The molecule has 0 radical (unpaired) electrons. The predicted octanol–water partition coefficient (Wildman–Crippen LogP) is 1.58. The molecule has 1 saturated heterocycles. The lowest BCUT2D eigenvalue weighted by molar-refractivity contribution is -0.0317. The van der Waals surface area contributed by atoms with E-state index in [1.807, 2.05) is 4.57 Å². The Kier molecular flexibility index (Phi) is 3.63. The largest absolute Gasteiger partial charge is 0.396 e. The van der Waals surface area contributed by atoms with E-state index in [0.29, 0.717) is 17.1 Å². The SMILES string of the molecule is OCC[C@@H]1OCCC[C@@H]1n1cnc2c(Cl)ncnc21. The molecule has 2 atom stereocenters. The Hall–Kier alpha value is -1.24. The van der Waals surface area contributed by atoms with Gasteiger partial charge in [-0.15, -0.1) is 0 Å². The fourth-order valence-corrected chi connectivity index (χ4v) is 2.79. The van der Waals surface area contributed by atoms with Gasteiger partial charge in [0, 0.05) is 13.2 Å². The van der Waals surface area contributed by atoms with Crippen LogP contribution in [-0.4, -0.2) is 43.9 Å². The fraction of sp³-hybridized carbons (Fsp3) is 0.583. The Morgan fingerprint density at radius 1 is 1.42 bits per heavy atom. The van der Waals surface area contributed by atoms with Gasteiger partial charge in [-0.3, -0.25) is 0 Å². The molecule has 1 fully saturated rings. The zero-order chi connectivity index (χ0) is 13.2. The summed E-state index contributed by atoms with van der Waals surface area (Å²) in [5.41, 5.74) is 1.33. The summed E-state index contributed by atoms with van der Waals surface area (Å²) in [6.45, 7) is 0.854. The smallest absolute Gasteiger partial charge is 0.165 e. The lowest BCUT2D eigenvalue weighted by Gasteiger charge is -2.32. The van der Waals surface area contributed by atoms with Crippen LogP contribution in [0.4, 0.5) is 0 Å². The second-order valence-electron chi connectivity index (χ2n) is 4.62. The van der Waals surface area contributed by atoms with Gasteiger partial charge in [-0.1, -0.05) is 11.6 Å². The molecule has 0 aromatic carbocycles. The topological polar surface area (TPSA) is 73.1 Å². The summed E-state index contributed by atoms with van der Waals surface area (Å²) in [7, 11) is 0. The molecule has 0 saturated carbocycles. The molecule has 2 aromatic rings. The van der Waals surface area contributed by atoms with Gasteiger partial charge >= 0.3 is 0 Å². The van der Waals surface area contributed by atoms with Crippen molar-refractivity contribution in [3.05, 3.63) is 17.8 Å². The van der Waals surface area contributed by atoms with E-state index in [4.69, 9.17) is 21.4 Å². The van der Waals surface area contributed by atoms with Crippen molar-refractivity contribution in [1.82, 2.24) is 19.5 Å². The molecule has 0 bridgehead atoms. The predicted molar refractivity (Wildman–Crippen MR) is 70.0 cm³/mol. The minimum atomic E-state index is -0.00936. The number of aromatic nitrogens is 4. The Morgan fingerprint density at radius 2 is 2.32 bits per heavy atom. The average molecular weight is 283 g/mol. The summed E-state index contributed by atoms with van der Waals surface area (Å²) >= 11 is 6.01. The summed E-state index contributed by atoms with van der Waals surface area (Å²) in [4.78, 5) is 12.5. The molecule has 0 unspecified atom stereocenters. The van der Waals surface area contributed by atoms with Crippen molar-refractivity contribution < 1.29 is 9.84 Å². The molecule has 6 nitrogen and oxygen atoms in total. The Bertz CT molecular complexity index is 572. The van der Waals surface area contributed by atoms with Crippen molar-refractivity contribution in [3.63, 3.8) is 0 Å². The van der Waals surface area contributed by atoms with Crippen molar-refractivity contribution >= 4 is 22.8 Å². The molecular weight excluding hydrogens is 268 g/mol. The molecule has 19 heavy (non-hydrogen) atoms. The molecule has 0 amide bonds. The molecular formula is C12H15ClN4O2. The van der Waals surface area contributed by atoms with Crippen LogP contribution in [0.5, 0.6) is 0 Å². The number of aliphatic hydroxyl groups is 1. The van der Waals surface area contributed by atoms with Crippen LogP contribution in [0.15, 0.2) is 12.7 Å². The zero-order valence-corrected chi connectivity index (χ0v) is 11.1. The van der Waals surface area contributed by atoms with Gasteiger partial charge < -0.3 is 14.4 Å². The minimum absolute atomic E-state index is 0.00936. The molecule has 3 rings (SSSR count). The summed E-state index contributed by atoms with van der Waals surface area (Å²) < 4.78 is 7.74. The molecule has 1 aliphatic rings. The van der Waals surface area contributed by atoms with E-state index < -0.39 is 0 Å². The number of nitrogens with zero attached hydrogens (tertiary/aromatic N) is 4. The lowest BCUT2D eigenvalue weighted by Crippen LogP contribution is -2.32. The fourth-order valence-electron chi connectivity index (χ4n) is 2.61. The van der Waals surface area contributed by atoms with Gasteiger partial charge in [-0.25, -0.2) is 15.0 Å². The third kappa shape index (κ3) is 2.31. The highest BCUT2D eigenvalue weighted by molar-refractivity contribution is 6.33. The maximum absolute atomic E-state index is 9.14. The van der Waals surface area contributed by atoms with Crippen LogP contribution >= 0.6 is 11.6 Å². The normalized spacial score (nSPS) is 23.9. The number of hydrogen-bond donors (Lipinski definition) is 1. The van der Waals surface area contributed by atoms with E-state index in [0.717, 1.165) is 25.1 Å². The van der Waals surface area contributed by atoms with Crippen molar-refractivity contribution in [2.45, 2.75) is 31.4 Å². The Labute approximate surface area is 115 Å². The maximum atomic E-state index is 9.14. The van der Waals surface area contributed by atoms with Crippen molar-refractivity contribution in [2.24, 2.45) is 0 Å². The molecule has 7 heteroatoms. The maximum Gasteiger partial charge on any atom is 0.165 e. The van der Waals surface area contributed by atoms with Crippen LogP contribution in [0, 0.1) is 0 Å². The first-order chi connectivity index (χ1) is 9.31. The highest BCUT2D eigenvalue weighted by atomic mass is 35.5. The molecule has 2 aromatic heterocycles. The Morgan fingerprint density at radius 3 is 3.16 bits per heavy atom. The van der Waals surface area contributed by atoms with Gasteiger partial charge in [0.15, 0.2) is 10.8 Å². The zero-order valence-electron chi connectivity index (χ0n) is 10.4. The number of ether oxygens (including phenoxy) is 1. The van der Waals surface area contributed by atoms with Crippen LogP contribution in [0.3, 0.4) is 0 Å². The molecule has 0 spiro atoms. The second-order valence-corrected chi connectivity index (χ2v) is 4.98. The van der Waals surface area contributed by atoms with Crippen molar-refractivity contribution in [2.75, 3.05) is 13.2 Å². The molecule has 1 aliphatic heterocycles. The second kappa shape index (κ2) is 5.40. The first-order valence-electron chi connectivity index (χ1n) is 6.36. The third-order valence-corrected chi connectivity index (χ3v) is 3.77. The van der Waals surface area contributed by atoms with E-state index in [-0.39, 0.29) is 18.8 Å². The average Bonchev–Trinajstić information content (AvgIpc) is 2.85. The van der Waals surface area contributed by atoms with Crippen LogP contribution in [0.25, 0.3) is 11.2 Å². The quantitative estimate of drug-likeness (QED) is 0.866. The molecule has 3 heterocycles.